The highest BCUT2D eigenvalue weighted by Gasteiger charge is 2.12. The number of aryl methyl sites for hydroxylation is 1. The van der Waals surface area contributed by atoms with Crippen LogP contribution in [0, 0.1) is 18.6 Å². The molecule has 0 N–H and O–H groups in total. The highest BCUT2D eigenvalue weighted by atomic mass is 32.2. The smallest absolute Gasteiger partial charge is 0.223 e. The topological polar surface area (TPSA) is 68.3 Å². The summed E-state index contributed by atoms with van der Waals surface area (Å²) in [5.41, 5.74) is 0.326. The van der Waals surface area contributed by atoms with Crippen molar-refractivity contribution < 1.29 is 17.5 Å². The fraction of sp³-hybridized carbons (Fsp3) is 0.125. The van der Waals surface area contributed by atoms with Gasteiger partial charge in [0, 0.05) is 18.7 Å². The zero-order valence-electron chi connectivity index (χ0n) is 12.9. The van der Waals surface area contributed by atoms with Gasteiger partial charge in [-0.2, -0.15) is 9.35 Å². The summed E-state index contributed by atoms with van der Waals surface area (Å²) >= 11 is 0. The maximum absolute atomic E-state index is 14.3. The Morgan fingerprint density at radius 3 is 2.58 bits per heavy atom. The van der Waals surface area contributed by atoms with Gasteiger partial charge < -0.3 is 4.52 Å². The Balaban J connectivity index is 2.02. The van der Waals surface area contributed by atoms with Crippen LogP contribution in [-0.2, 0) is 9.73 Å². The van der Waals surface area contributed by atoms with Gasteiger partial charge in [-0.25, -0.2) is 13.0 Å². The largest absolute Gasteiger partial charge is 0.339 e. The van der Waals surface area contributed by atoms with Gasteiger partial charge in [-0.3, -0.25) is 0 Å². The summed E-state index contributed by atoms with van der Waals surface area (Å²) in [6.45, 7) is 1.63. The first kappa shape index (κ1) is 16.3. The van der Waals surface area contributed by atoms with Gasteiger partial charge in [0.1, 0.15) is 17.3 Å². The molecule has 0 aliphatic heterocycles. The fourth-order valence-corrected chi connectivity index (χ4v) is 3.37. The zero-order chi connectivity index (χ0) is 17.3. The SMILES string of the molecule is Cc1nc(-c2ccc(N=S(C)(=O)c3cccc(F)c3)c(F)c2)no1. The van der Waals surface area contributed by atoms with Gasteiger partial charge in [-0.05, 0) is 36.4 Å². The molecule has 124 valence electrons. The lowest BCUT2D eigenvalue weighted by Gasteiger charge is -2.06. The zero-order valence-corrected chi connectivity index (χ0v) is 13.7. The Kier molecular flexibility index (Phi) is 4.15. The Bertz CT molecular complexity index is 1020. The van der Waals surface area contributed by atoms with Crippen molar-refractivity contribution in [2.75, 3.05) is 6.26 Å². The van der Waals surface area contributed by atoms with Gasteiger partial charge in [0.05, 0.1) is 14.6 Å². The summed E-state index contributed by atoms with van der Waals surface area (Å²) in [7, 11) is -2.99. The lowest BCUT2D eigenvalue weighted by molar-refractivity contribution is 0.394. The molecule has 0 radical (unpaired) electrons. The van der Waals surface area contributed by atoms with Crippen molar-refractivity contribution in [2.45, 2.75) is 11.8 Å². The summed E-state index contributed by atoms with van der Waals surface area (Å²) in [6.07, 6.45) is 1.33. The molecule has 3 aromatic rings. The third-order valence-electron chi connectivity index (χ3n) is 3.24. The van der Waals surface area contributed by atoms with Crippen LogP contribution in [0.1, 0.15) is 5.89 Å². The Hall–Kier alpha value is -2.61. The van der Waals surface area contributed by atoms with E-state index in [4.69, 9.17) is 4.52 Å². The number of aromatic nitrogens is 2. The van der Waals surface area contributed by atoms with E-state index in [0.29, 0.717) is 11.5 Å². The number of hydrogen-bond donors (Lipinski definition) is 0. The molecule has 0 aliphatic rings. The molecular formula is C16H13F2N3O2S. The molecule has 1 unspecified atom stereocenters. The highest BCUT2D eigenvalue weighted by Crippen LogP contribution is 2.27. The average Bonchev–Trinajstić information content (AvgIpc) is 2.96. The van der Waals surface area contributed by atoms with Gasteiger partial charge in [-0.1, -0.05) is 11.2 Å². The van der Waals surface area contributed by atoms with Crippen LogP contribution in [0.15, 0.2) is 56.2 Å². The van der Waals surface area contributed by atoms with Crippen LogP contribution in [0.5, 0.6) is 0 Å². The maximum atomic E-state index is 14.3. The second kappa shape index (κ2) is 6.12. The van der Waals surface area contributed by atoms with Crippen LogP contribution in [0.3, 0.4) is 0 Å². The molecule has 0 saturated heterocycles. The molecule has 0 fully saturated rings. The molecule has 1 aromatic heterocycles. The first-order valence-electron chi connectivity index (χ1n) is 6.93. The Morgan fingerprint density at radius 1 is 1.17 bits per heavy atom. The molecule has 8 heteroatoms. The van der Waals surface area contributed by atoms with Crippen LogP contribution in [-0.4, -0.2) is 20.6 Å². The van der Waals surface area contributed by atoms with Crippen LogP contribution >= 0.6 is 0 Å². The van der Waals surface area contributed by atoms with Crippen molar-refractivity contribution in [1.82, 2.24) is 10.1 Å². The van der Waals surface area contributed by atoms with Crippen molar-refractivity contribution >= 4 is 15.4 Å². The molecule has 0 saturated carbocycles. The van der Waals surface area contributed by atoms with Crippen LogP contribution in [0.25, 0.3) is 11.4 Å². The highest BCUT2D eigenvalue weighted by molar-refractivity contribution is 7.93. The summed E-state index contributed by atoms with van der Waals surface area (Å²) in [5, 5.41) is 3.71. The maximum Gasteiger partial charge on any atom is 0.223 e. The first-order valence-corrected chi connectivity index (χ1v) is 8.85. The molecule has 0 amide bonds. The van der Waals surface area contributed by atoms with E-state index in [9.17, 15) is 13.0 Å². The number of nitrogens with zero attached hydrogens (tertiary/aromatic N) is 3. The quantitative estimate of drug-likeness (QED) is 0.713. The Morgan fingerprint density at radius 2 is 1.96 bits per heavy atom. The van der Waals surface area contributed by atoms with Crippen molar-refractivity contribution in [3.63, 3.8) is 0 Å². The normalized spacial score (nSPS) is 13.5. The van der Waals surface area contributed by atoms with Crippen LogP contribution in [0.2, 0.25) is 0 Å². The minimum absolute atomic E-state index is 0.0873. The fourth-order valence-electron chi connectivity index (χ4n) is 2.08. The van der Waals surface area contributed by atoms with E-state index in [1.54, 1.807) is 13.0 Å². The van der Waals surface area contributed by atoms with E-state index in [-0.39, 0.29) is 16.4 Å². The molecule has 0 spiro atoms. The predicted octanol–water partition coefficient (Wildman–Crippen LogP) is 4.11. The molecule has 0 bridgehead atoms. The minimum atomic E-state index is -2.99. The average molecular weight is 349 g/mol. The van der Waals surface area contributed by atoms with Crippen LogP contribution < -0.4 is 0 Å². The molecule has 1 heterocycles. The van der Waals surface area contributed by atoms with Gasteiger partial charge in [0.25, 0.3) is 0 Å². The molecule has 2 aromatic carbocycles. The first-order chi connectivity index (χ1) is 11.3. The van der Waals surface area contributed by atoms with E-state index in [2.05, 4.69) is 14.5 Å². The van der Waals surface area contributed by atoms with Crippen molar-refractivity contribution in [2.24, 2.45) is 4.36 Å². The Labute approximate surface area is 137 Å². The van der Waals surface area contributed by atoms with Crippen molar-refractivity contribution in [1.29, 1.82) is 0 Å². The second-order valence-corrected chi connectivity index (χ2v) is 7.41. The summed E-state index contributed by atoms with van der Waals surface area (Å²) in [4.78, 5) is 4.20. The van der Waals surface area contributed by atoms with Crippen molar-refractivity contribution in [3.05, 3.63) is 60.0 Å². The summed E-state index contributed by atoms with van der Waals surface area (Å²) in [6, 6.07) is 9.39. The van der Waals surface area contributed by atoms with E-state index >= 15 is 0 Å². The molecular weight excluding hydrogens is 336 g/mol. The summed E-state index contributed by atoms with van der Waals surface area (Å²) < 4.78 is 49.1. The molecule has 5 nitrogen and oxygen atoms in total. The van der Waals surface area contributed by atoms with Gasteiger partial charge in [0.2, 0.25) is 11.7 Å². The second-order valence-electron chi connectivity index (χ2n) is 5.15. The number of hydrogen-bond acceptors (Lipinski definition) is 5. The van der Waals surface area contributed by atoms with Crippen molar-refractivity contribution in [3.8, 4) is 11.4 Å². The van der Waals surface area contributed by atoms with E-state index in [1.165, 1.54) is 36.6 Å². The van der Waals surface area contributed by atoms with Gasteiger partial charge in [0.15, 0.2) is 0 Å². The number of halogens is 2. The van der Waals surface area contributed by atoms with E-state index in [1.807, 2.05) is 0 Å². The molecule has 1 atom stereocenters. The minimum Gasteiger partial charge on any atom is -0.339 e. The molecule has 3 rings (SSSR count). The molecule has 0 aliphatic carbocycles. The van der Waals surface area contributed by atoms with E-state index in [0.717, 1.165) is 6.07 Å². The van der Waals surface area contributed by atoms with Gasteiger partial charge in [-0.15, -0.1) is 0 Å². The van der Waals surface area contributed by atoms with Gasteiger partial charge >= 0.3 is 0 Å². The molecule has 24 heavy (non-hydrogen) atoms. The lowest BCUT2D eigenvalue weighted by Crippen LogP contribution is -1.98. The number of rotatable bonds is 3. The third-order valence-corrected chi connectivity index (χ3v) is 4.91. The van der Waals surface area contributed by atoms with E-state index < -0.39 is 21.4 Å². The lowest BCUT2D eigenvalue weighted by atomic mass is 10.2. The monoisotopic (exact) mass is 349 g/mol. The standard InChI is InChI=1S/C16H13F2N3O2S/c1-10-19-16(20-23-10)11-6-7-15(14(18)8-11)21-24(2,22)13-5-3-4-12(17)9-13/h3-9H,1-2H3. The predicted molar refractivity (Wildman–Crippen MR) is 85.2 cm³/mol. The third kappa shape index (κ3) is 3.33. The summed E-state index contributed by atoms with van der Waals surface area (Å²) in [5.74, 6) is -0.594. The van der Waals surface area contributed by atoms with Crippen LogP contribution in [0.4, 0.5) is 14.5 Å². The number of benzene rings is 2.